The fourth-order valence-corrected chi connectivity index (χ4v) is 2.82. The third-order valence-corrected chi connectivity index (χ3v) is 4.80. The number of carbonyl (C=O) groups excluding carboxylic acids is 2. The maximum atomic E-state index is 12.8. The van der Waals surface area contributed by atoms with Crippen LogP contribution in [0.4, 0.5) is 0 Å². The van der Waals surface area contributed by atoms with E-state index < -0.39 is 5.54 Å². The standard InChI is InChI=1S/C18H26N2O2/c1-5-6-11-19-17(22)18(4)10-12-20(18)16(21)15-9-7-8-13(2)14(15)3/h7-9H,5-6,10-12H2,1-4H3,(H,19,22). The third kappa shape index (κ3) is 2.87. The molecule has 0 saturated carbocycles. The largest absolute Gasteiger partial charge is 0.354 e. The summed E-state index contributed by atoms with van der Waals surface area (Å²) in [5, 5.41) is 2.96. The Morgan fingerprint density at radius 2 is 2.05 bits per heavy atom. The summed E-state index contributed by atoms with van der Waals surface area (Å²) >= 11 is 0. The van der Waals surface area contributed by atoms with Crippen LogP contribution in [0.2, 0.25) is 0 Å². The Morgan fingerprint density at radius 1 is 1.32 bits per heavy atom. The van der Waals surface area contributed by atoms with Crippen molar-refractivity contribution in [2.24, 2.45) is 0 Å². The number of amides is 2. The number of benzene rings is 1. The fourth-order valence-electron chi connectivity index (χ4n) is 2.82. The van der Waals surface area contributed by atoms with Gasteiger partial charge >= 0.3 is 0 Å². The molecule has 1 aliphatic rings. The molecule has 1 aromatic rings. The molecule has 1 fully saturated rings. The average molecular weight is 302 g/mol. The van der Waals surface area contributed by atoms with Gasteiger partial charge in [-0.25, -0.2) is 0 Å². The molecule has 1 aliphatic heterocycles. The third-order valence-electron chi connectivity index (χ3n) is 4.80. The zero-order chi connectivity index (χ0) is 16.3. The molecule has 22 heavy (non-hydrogen) atoms. The van der Waals surface area contributed by atoms with Crippen LogP contribution in [0.1, 0.15) is 54.6 Å². The summed E-state index contributed by atoms with van der Waals surface area (Å²) in [6, 6.07) is 5.74. The van der Waals surface area contributed by atoms with Gasteiger partial charge < -0.3 is 10.2 Å². The van der Waals surface area contributed by atoms with Crippen molar-refractivity contribution in [3.8, 4) is 0 Å². The van der Waals surface area contributed by atoms with E-state index in [4.69, 9.17) is 0 Å². The molecule has 0 aliphatic carbocycles. The van der Waals surface area contributed by atoms with Crippen LogP contribution in [0.25, 0.3) is 0 Å². The Balaban J connectivity index is 2.13. The van der Waals surface area contributed by atoms with Crippen molar-refractivity contribution in [2.45, 2.75) is 52.5 Å². The molecule has 2 rings (SSSR count). The van der Waals surface area contributed by atoms with E-state index in [0.29, 0.717) is 18.7 Å². The Bertz CT molecular complexity index is 582. The average Bonchev–Trinajstić information content (AvgIpc) is 2.48. The maximum absolute atomic E-state index is 12.8. The van der Waals surface area contributed by atoms with E-state index in [-0.39, 0.29) is 11.8 Å². The molecular weight excluding hydrogens is 276 g/mol. The quantitative estimate of drug-likeness (QED) is 0.850. The highest BCUT2D eigenvalue weighted by Crippen LogP contribution is 2.33. The monoisotopic (exact) mass is 302 g/mol. The van der Waals surface area contributed by atoms with Gasteiger partial charge in [0.15, 0.2) is 0 Å². The number of unbranched alkanes of at least 4 members (excludes halogenated alkanes) is 1. The summed E-state index contributed by atoms with van der Waals surface area (Å²) in [5.74, 6) is -0.0774. The minimum absolute atomic E-state index is 0.0362. The van der Waals surface area contributed by atoms with E-state index >= 15 is 0 Å². The first kappa shape index (κ1) is 16.5. The highest BCUT2D eigenvalue weighted by atomic mass is 16.2. The van der Waals surface area contributed by atoms with Gasteiger partial charge in [0.05, 0.1) is 0 Å². The van der Waals surface area contributed by atoms with Crippen molar-refractivity contribution in [3.63, 3.8) is 0 Å². The molecule has 1 aromatic carbocycles. The van der Waals surface area contributed by atoms with Crippen molar-refractivity contribution in [3.05, 3.63) is 34.9 Å². The Morgan fingerprint density at radius 3 is 2.64 bits per heavy atom. The molecule has 4 nitrogen and oxygen atoms in total. The van der Waals surface area contributed by atoms with Crippen molar-refractivity contribution in [1.82, 2.24) is 10.2 Å². The molecule has 0 spiro atoms. The summed E-state index contributed by atoms with van der Waals surface area (Å²) in [5.41, 5.74) is 2.09. The molecule has 1 unspecified atom stereocenters. The molecule has 0 radical (unpaired) electrons. The normalized spacial score (nSPS) is 20.5. The van der Waals surface area contributed by atoms with E-state index in [9.17, 15) is 9.59 Å². The predicted octanol–water partition coefficient (Wildman–Crippen LogP) is 2.82. The smallest absolute Gasteiger partial charge is 0.255 e. The lowest BCUT2D eigenvalue weighted by Gasteiger charge is -2.49. The van der Waals surface area contributed by atoms with Gasteiger partial charge in [0, 0.05) is 18.7 Å². The van der Waals surface area contributed by atoms with Crippen LogP contribution < -0.4 is 5.32 Å². The maximum Gasteiger partial charge on any atom is 0.255 e. The van der Waals surface area contributed by atoms with Crippen molar-refractivity contribution in [2.75, 3.05) is 13.1 Å². The highest BCUT2D eigenvalue weighted by molar-refractivity contribution is 6.01. The van der Waals surface area contributed by atoms with Gasteiger partial charge in [0.2, 0.25) is 5.91 Å². The van der Waals surface area contributed by atoms with E-state index in [1.54, 1.807) is 4.90 Å². The number of likely N-dealkylation sites (tertiary alicyclic amines) is 1. The minimum atomic E-state index is -0.707. The van der Waals surface area contributed by atoms with Gasteiger partial charge in [-0.2, -0.15) is 0 Å². The number of carbonyl (C=O) groups is 2. The van der Waals surface area contributed by atoms with Crippen LogP contribution in [0.5, 0.6) is 0 Å². The fraction of sp³-hybridized carbons (Fsp3) is 0.556. The number of rotatable bonds is 5. The second-order valence-corrected chi connectivity index (χ2v) is 6.34. The van der Waals surface area contributed by atoms with Crippen LogP contribution in [-0.2, 0) is 4.79 Å². The highest BCUT2D eigenvalue weighted by Gasteiger charge is 2.49. The van der Waals surface area contributed by atoms with Crippen LogP contribution in [-0.4, -0.2) is 35.3 Å². The van der Waals surface area contributed by atoms with Gasteiger partial charge in [-0.05, 0) is 50.8 Å². The Kier molecular flexibility index (Phi) is 4.89. The summed E-state index contributed by atoms with van der Waals surface area (Å²) < 4.78 is 0. The Labute approximate surface area is 132 Å². The minimum Gasteiger partial charge on any atom is -0.354 e. The molecule has 120 valence electrons. The van der Waals surface area contributed by atoms with E-state index in [1.165, 1.54) is 0 Å². The van der Waals surface area contributed by atoms with Crippen molar-refractivity contribution < 1.29 is 9.59 Å². The number of hydrogen-bond acceptors (Lipinski definition) is 2. The van der Waals surface area contributed by atoms with Crippen LogP contribution >= 0.6 is 0 Å². The lowest BCUT2D eigenvalue weighted by Crippen LogP contribution is -2.67. The van der Waals surface area contributed by atoms with Gasteiger partial charge in [0.1, 0.15) is 5.54 Å². The van der Waals surface area contributed by atoms with Gasteiger partial charge in [-0.3, -0.25) is 9.59 Å². The molecule has 0 bridgehead atoms. The van der Waals surface area contributed by atoms with E-state index in [2.05, 4.69) is 12.2 Å². The van der Waals surface area contributed by atoms with Crippen LogP contribution in [0.3, 0.4) is 0 Å². The first-order valence-electron chi connectivity index (χ1n) is 8.08. The first-order valence-corrected chi connectivity index (χ1v) is 8.08. The second kappa shape index (κ2) is 6.51. The topological polar surface area (TPSA) is 49.4 Å². The van der Waals surface area contributed by atoms with E-state index in [1.807, 2.05) is 39.0 Å². The summed E-state index contributed by atoms with van der Waals surface area (Å²) in [6.45, 7) is 9.23. The molecule has 1 heterocycles. The van der Waals surface area contributed by atoms with Crippen LogP contribution in [0, 0.1) is 13.8 Å². The molecule has 1 atom stereocenters. The molecular formula is C18H26N2O2. The summed E-state index contributed by atoms with van der Waals surface area (Å²) in [4.78, 5) is 26.9. The lowest BCUT2D eigenvalue weighted by molar-refractivity contribution is -0.137. The zero-order valence-electron chi connectivity index (χ0n) is 14.0. The van der Waals surface area contributed by atoms with Crippen molar-refractivity contribution >= 4 is 11.8 Å². The molecule has 4 heteroatoms. The molecule has 1 N–H and O–H groups in total. The number of nitrogens with zero attached hydrogens (tertiary/aromatic N) is 1. The number of hydrogen-bond donors (Lipinski definition) is 1. The second-order valence-electron chi connectivity index (χ2n) is 6.34. The van der Waals surface area contributed by atoms with E-state index in [0.717, 1.165) is 30.4 Å². The lowest BCUT2D eigenvalue weighted by atomic mass is 9.84. The zero-order valence-corrected chi connectivity index (χ0v) is 14.0. The Hall–Kier alpha value is -1.84. The SMILES string of the molecule is CCCCNC(=O)C1(C)CCN1C(=O)c1cccc(C)c1C. The first-order chi connectivity index (χ1) is 10.4. The molecule has 2 amide bonds. The number of nitrogens with one attached hydrogen (secondary N) is 1. The van der Waals surface area contributed by atoms with Gasteiger partial charge in [-0.1, -0.05) is 25.5 Å². The van der Waals surface area contributed by atoms with Gasteiger partial charge in [-0.15, -0.1) is 0 Å². The summed E-state index contributed by atoms with van der Waals surface area (Å²) in [7, 11) is 0. The summed E-state index contributed by atoms with van der Waals surface area (Å²) in [6.07, 6.45) is 2.73. The van der Waals surface area contributed by atoms with Crippen LogP contribution in [0.15, 0.2) is 18.2 Å². The van der Waals surface area contributed by atoms with Crippen molar-refractivity contribution in [1.29, 1.82) is 0 Å². The molecule has 0 aromatic heterocycles. The van der Waals surface area contributed by atoms with Gasteiger partial charge in [0.25, 0.3) is 5.91 Å². The number of aryl methyl sites for hydroxylation is 1. The molecule has 1 saturated heterocycles. The predicted molar refractivity (Wildman–Crippen MR) is 87.9 cm³/mol.